The van der Waals surface area contributed by atoms with E-state index in [1.807, 2.05) is 50.5 Å². The summed E-state index contributed by atoms with van der Waals surface area (Å²) in [5.74, 6) is 0.895. The minimum Gasteiger partial charge on any atom is -0.449 e. The number of ether oxygens (including phenoxy) is 1. The van der Waals surface area contributed by atoms with Gasteiger partial charge in [-0.15, -0.1) is 0 Å². The van der Waals surface area contributed by atoms with Crippen LogP contribution in [0.25, 0.3) is 17.1 Å². The van der Waals surface area contributed by atoms with Crippen LogP contribution in [0.2, 0.25) is 0 Å². The third-order valence-electron chi connectivity index (χ3n) is 4.42. The second kappa shape index (κ2) is 17.6. The highest BCUT2D eigenvalue weighted by Gasteiger charge is 2.11. The summed E-state index contributed by atoms with van der Waals surface area (Å²) in [6.07, 6.45) is 4.34. The molecule has 0 atom stereocenters. The minimum atomic E-state index is -0.368. The van der Waals surface area contributed by atoms with E-state index >= 15 is 0 Å². The number of aromatic nitrogens is 2. The topological polar surface area (TPSA) is 92.0 Å². The fourth-order valence-corrected chi connectivity index (χ4v) is 2.97. The Morgan fingerprint density at radius 1 is 1.21 bits per heavy atom. The fourth-order valence-electron chi connectivity index (χ4n) is 2.97. The minimum absolute atomic E-state index is 0. The molecule has 0 bridgehead atoms. The van der Waals surface area contributed by atoms with Crippen LogP contribution in [0.4, 0.5) is 10.6 Å². The molecule has 196 valence electrons. The van der Waals surface area contributed by atoms with E-state index in [-0.39, 0.29) is 15.0 Å². The molecule has 34 heavy (non-hydrogen) atoms. The standard InChI is InChI=1S/C22H33N5O2.C3H8.C2H6.2H2/c1-6-17-9-10-19-18(13-17)26-21(20(23)27(19)16(4)5)24-11-7-8-12-25-22(28)29-14-15(2)3;1-3-2;1-2;;/h6,9-10,13,15-16,23H,1,7-8,11-12,14H2,2-5H3,(H,24,26)(H,25,28);3H2,1-2H3;1-2H3;2*1H. The van der Waals surface area contributed by atoms with Crippen LogP contribution in [-0.2, 0) is 4.74 Å². The molecule has 7 nitrogen and oxygen atoms in total. The Labute approximate surface area is 209 Å². The summed E-state index contributed by atoms with van der Waals surface area (Å²) in [6.45, 7) is 21.9. The first-order chi connectivity index (χ1) is 16.2. The lowest BCUT2D eigenvalue weighted by Crippen LogP contribution is -2.28. The number of unbranched alkanes of at least 4 members (excludes halogenated alkanes) is 1. The van der Waals surface area contributed by atoms with Crippen LogP contribution in [0.3, 0.4) is 0 Å². The van der Waals surface area contributed by atoms with Gasteiger partial charge in [0.1, 0.15) is 0 Å². The van der Waals surface area contributed by atoms with E-state index in [1.54, 1.807) is 6.08 Å². The van der Waals surface area contributed by atoms with Gasteiger partial charge >= 0.3 is 6.09 Å². The highest BCUT2D eigenvalue weighted by molar-refractivity contribution is 5.79. The van der Waals surface area contributed by atoms with E-state index in [9.17, 15) is 4.79 Å². The van der Waals surface area contributed by atoms with Gasteiger partial charge in [0.25, 0.3) is 0 Å². The number of benzene rings is 1. The third kappa shape index (κ3) is 10.9. The molecule has 0 aliphatic carbocycles. The van der Waals surface area contributed by atoms with Crippen LogP contribution in [0, 0.1) is 11.3 Å². The molecule has 0 aliphatic heterocycles. The lowest BCUT2D eigenvalue weighted by Gasteiger charge is -2.18. The summed E-state index contributed by atoms with van der Waals surface area (Å²) in [7, 11) is 0. The van der Waals surface area contributed by atoms with Gasteiger partial charge in [-0.05, 0) is 50.3 Å². The Morgan fingerprint density at radius 2 is 1.82 bits per heavy atom. The molecule has 0 unspecified atom stereocenters. The van der Waals surface area contributed by atoms with Crippen molar-refractivity contribution >= 4 is 29.0 Å². The van der Waals surface area contributed by atoms with Crippen molar-refractivity contribution in [3.8, 4) is 0 Å². The second-order valence-corrected chi connectivity index (χ2v) is 8.49. The summed E-state index contributed by atoms with van der Waals surface area (Å²) in [6, 6.07) is 6.11. The zero-order valence-electron chi connectivity index (χ0n) is 22.6. The highest BCUT2D eigenvalue weighted by atomic mass is 16.5. The van der Waals surface area contributed by atoms with E-state index < -0.39 is 0 Å². The monoisotopic (exact) mass is 477 g/mol. The van der Waals surface area contributed by atoms with Gasteiger partial charge in [-0.25, -0.2) is 9.78 Å². The molecule has 2 aromatic rings. The third-order valence-corrected chi connectivity index (χ3v) is 4.42. The van der Waals surface area contributed by atoms with Gasteiger partial charge in [-0.2, -0.15) is 0 Å². The van der Waals surface area contributed by atoms with Gasteiger partial charge in [0, 0.05) is 22.0 Å². The predicted octanol–water partition coefficient (Wildman–Crippen LogP) is 7.25. The zero-order chi connectivity index (χ0) is 26.1. The number of hydrogen-bond donors (Lipinski definition) is 3. The highest BCUT2D eigenvalue weighted by Crippen LogP contribution is 2.18. The van der Waals surface area contributed by atoms with E-state index in [0.29, 0.717) is 36.9 Å². The molecule has 0 saturated carbocycles. The molecular weight excluding hydrogens is 426 g/mol. The van der Waals surface area contributed by atoms with Crippen LogP contribution in [0.5, 0.6) is 0 Å². The SMILES string of the molecule is C=Cc1ccc2c(c1)nc(NCCCCNC(=O)OCC(C)C)c(=N)n2C(C)C.CC.CCC.[HH].[HH]. The number of nitrogens with zero attached hydrogens (tertiary/aromatic N) is 2. The molecule has 1 heterocycles. The van der Waals surface area contributed by atoms with Crippen molar-refractivity contribution in [2.45, 2.75) is 80.7 Å². The van der Waals surface area contributed by atoms with Crippen LogP contribution in [0.15, 0.2) is 24.8 Å². The average molecular weight is 478 g/mol. The van der Waals surface area contributed by atoms with Crippen LogP contribution >= 0.6 is 0 Å². The quantitative estimate of drug-likeness (QED) is 0.314. The molecule has 2 rings (SSSR count). The molecule has 0 aliphatic rings. The van der Waals surface area contributed by atoms with Crippen molar-refractivity contribution in [2.24, 2.45) is 5.92 Å². The Morgan fingerprint density at radius 3 is 2.38 bits per heavy atom. The Hall–Kier alpha value is -2.83. The number of hydrogen-bond acceptors (Lipinski definition) is 5. The van der Waals surface area contributed by atoms with Gasteiger partial charge in [0.15, 0.2) is 11.3 Å². The van der Waals surface area contributed by atoms with Gasteiger partial charge in [0.2, 0.25) is 0 Å². The lowest BCUT2D eigenvalue weighted by atomic mass is 10.1. The normalized spacial score (nSPS) is 10.2. The Bertz CT molecular complexity index is 930. The maximum absolute atomic E-state index is 11.5. The largest absolute Gasteiger partial charge is 0.449 e. The maximum atomic E-state index is 11.5. The molecule has 3 N–H and O–H groups in total. The zero-order valence-corrected chi connectivity index (χ0v) is 22.6. The lowest BCUT2D eigenvalue weighted by molar-refractivity contribution is 0.133. The van der Waals surface area contributed by atoms with E-state index in [1.165, 1.54) is 6.42 Å². The fraction of sp³-hybridized carbons (Fsp3) is 0.593. The molecule has 0 spiro atoms. The number of fused-ring (bicyclic) bond motifs is 1. The van der Waals surface area contributed by atoms with Gasteiger partial charge in [0.05, 0.1) is 17.6 Å². The Kier molecular flexibility index (Phi) is 16.2. The van der Waals surface area contributed by atoms with E-state index in [2.05, 4.69) is 49.9 Å². The summed E-state index contributed by atoms with van der Waals surface area (Å²) in [5, 5.41) is 14.6. The first-order valence-electron chi connectivity index (χ1n) is 12.6. The molecule has 7 heteroatoms. The van der Waals surface area contributed by atoms with Crippen molar-refractivity contribution in [3.05, 3.63) is 35.8 Å². The van der Waals surface area contributed by atoms with Gasteiger partial charge in [-0.1, -0.05) is 66.7 Å². The summed E-state index contributed by atoms with van der Waals surface area (Å²) < 4.78 is 7.06. The van der Waals surface area contributed by atoms with Crippen molar-refractivity contribution in [1.29, 1.82) is 5.41 Å². The first kappa shape index (κ1) is 31.2. The summed E-state index contributed by atoms with van der Waals surface area (Å²) in [4.78, 5) is 16.2. The van der Waals surface area contributed by atoms with Crippen LogP contribution < -0.4 is 16.1 Å². The number of nitrogens with one attached hydrogen (secondary N) is 3. The van der Waals surface area contributed by atoms with E-state index in [0.717, 1.165) is 29.4 Å². The molecule has 0 saturated heterocycles. The van der Waals surface area contributed by atoms with Crippen molar-refractivity contribution in [2.75, 3.05) is 25.0 Å². The van der Waals surface area contributed by atoms with Crippen molar-refractivity contribution in [1.82, 2.24) is 14.9 Å². The Balaban J connectivity index is -0.00000144. The molecule has 1 aromatic carbocycles. The molecule has 0 radical (unpaired) electrons. The number of alkyl carbamates (subject to hydrolysis) is 1. The smallest absolute Gasteiger partial charge is 0.407 e. The van der Waals surface area contributed by atoms with Crippen molar-refractivity contribution < 1.29 is 12.4 Å². The van der Waals surface area contributed by atoms with Gasteiger partial charge < -0.3 is 19.9 Å². The summed E-state index contributed by atoms with van der Waals surface area (Å²) in [5.41, 5.74) is 3.14. The second-order valence-electron chi connectivity index (χ2n) is 8.49. The first-order valence-corrected chi connectivity index (χ1v) is 12.6. The maximum Gasteiger partial charge on any atom is 0.407 e. The van der Waals surface area contributed by atoms with Gasteiger partial charge in [-0.3, -0.25) is 5.41 Å². The summed E-state index contributed by atoms with van der Waals surface area (Å²) >= 11 is 0. The van der Waals surface area contributed by atoms with Crippen LogP contribution in [-0.4, -0.2) is 35.3 Å². The molecule has 1 amide bonds. The number of amides is 1. The van der Waals surface area contributed by atoms with Crippen LogP contribution in [0.1, 0.15) is 89.1 Å². The molecule has 0 fully saturated rings. The number of carbonyl (C=O) groups excluding carboxylic acids is 1. The predicted molar refractivity (Wildman–Crippen MR) is 150 cm³/mol. The average Bonchev–Trinajstić information content (AvgIpc) is 2.81. The number of carbonyl (C=O) groups is 1. The van der Waals surface area contributed by atoms with E-state index in [4.69, 9.17) is 10.1 Å². The van der Waals surface area contributed by atoms with Crippen molar-refractivity contribution in [3.63, 3.8) is 0 Å². The number of anilines is 1. The molecular formula is C27H51N5O2. The molecule has 1 aromatic heterocycles. The number of rotatable bonds is 10.